The summed E-state index contributed by atoms with van der Waals surface area (Å²) in [6.07, 6.45) is 1.79. The SMILES string of the molecule is C=CC(=O)O.CCCOc1ccccc1O. The van der Waals surface area contributed by atoms with Crippen LogP contribution in [0.3, 0.4) is 0 Å². The van der Waals surface area contributed by atoms with E-state index >= 15 is 0 Å². The van der Waals surface area contributed by atoms with Gasteiger partial charge in [-0.3, -0.25) is 0 Å². The number of carboxylic acids is 1. The Morgan fingerprint density at radius 1 is 1.50 bits per heavy atom. The fraction of sp³-hybridized carbons (Fsp3) is 0.250. The molecule has 0 saturated carbocycles. The fourth-order valence-corrected chi connectivity index (χ4v) is 0.791. The monoisotopic (exact) mass is 224 g/mol. The molecule has 0 radical (unpaired) electrons. The van der Waals surface area contributed by atoms with E-state index in [1.807, 2.05) is 13.0 Å². The van der Waals surface area contributed by atoms with Crippen molar-refractivity contribution in [2.75, 3.05) is 6.61 Å². The number of carboxylic acid groups (broad SMARTS) is 1. The van der Waals surface area contributed by atoms with E-state index in [0.29, 0.717) is 12.4 Å². The van der Waals surface area contributed by atoms with Gasteiger partial charge < -0.3 is 14.9 Å². The zero-order chi connectivity index (χ0) is 12.4. The molecule has 0 bridgehead atoms. The average Bonchev–Trinajstić information content (AvgIpc) is 2.29. The molecule has 0 aliphatic heterocycles. The number of aromatic hydroxyl groups is 1. The second kappa shape index (κ2) is 8.35. The van der Waals surface area contributed by atoms with E-state index < -0.39 is 5.97 Å². The lowest BCUT2D eigenvalue weighted by atomic mass is 10.3. The molecule has 4 nitrogen and oxygen atoms in total. The molecule has 16 heavy (non-hydrogen) atoms. The molecule has 1 aromatic carbocycles. The smallest absolute Gasteiger partial charge is 0.327 e. The Hall–Kier alpha value is -1.97. The van der Waals surface area contributed by atoms with Gasteiger partial charge in [0, 0.05) is 6.08 Å². The summed E-state index contributed by atoms with van der Waals surface area (Å²) in [6.45, 7) is 5.64. The predicted octanol–water partition coefficient (Wildman–Crippen LogP) is 2.44. The highest BCUT2D eigenvalue weighted by atomic mass is 16.5. The average molecular weight is 224 g/mol. The number of benzene rings is 1. The first kappa shape index (κ1) is 14.0. The van der Waals surface area contributed by atoms with Crippen LogP contribution < -0.4 is 4.74 Å². The number of hydrogen-bond donors (Lipinski definition) is 2. The lowest BCUT2D eigenvalue weighted by Gasteiger charge is -2.04. The zero-order valence-corrected chi connectivity index (χ0v) is 9.22. The number of ether oxygens (including phenoxy) is 1. The molecule has 0 saturated heterocycles. The summed E-state index contributed by atoms with van der Waals surface area (Å²) in [5.74, 6) is -0.208. The predicted molar refractivity (Wildman–Crippen MR) is 61.7 cm³/mol. The highest BCUT2D eigenvalue weighted by Gasteiger charge is 1.97. The quantitative estimate of drug-likeness (QED) is 0.771. The molecule has 2 N–H and O–H groups in total. The van der Waals surface area contributed by atoms with Crippen LogP contribution in [-0.4, -0.2) is 22.8 Å². The van der Waals surface area contributed by atoms with Gasteiger partial charge in [0.2, 0.25) is 0 Å². The van der Waals surface area contributed by atoms with Gasteiger partial charge in [0.15, 0.2) is 11.5 Å². The normalized spacial score (nSPS) is 8.56. The second-order valence-electron chi connectivity index (χ2n) is 2.86. The third kappa shape index (κ3) is 6.48. The Balaban J connectivity index is 0.000000385. The first-order chi connectivity index (χ1) is 7.61. The molecule has 4 heteroatoms. The number of phenols is 1. The van der Waals surface area contributed by atoms with Crippen molar-refractivity contribution in [3.63, 3.8) is 0 Å². The van der Waals surface area contributed by atoms with Crippen LogP contribution in [0, 0.1) is 0 Å². The highest BCUT2D eigenvalue weighted by molar-refractivity contribution is 5.78. The molecule has 0 heterocycles. The van der Waals surface area contributed by atoms with Crippen molar-refractivity contribution in [1.29, 1.82) is 0 Å². The van der Waals surface area contributed by atoms with Gasteiger partial charge in [0.05, 0.1) is 6.61 Å². The van der Waals surface area contributed by atoms with E-state index in [9.17, 15) is 9.90 Å². The van der Waals surface area contributed by atoms with Crippen molar-refractivity contribution in [3.8, 4) is 11.5 Å². The molecule has 0 aromatic heterocycles. The van der Waals surface area contributed by atoms with Gasteiger partial charge >= 0.3 is 5.97 Å². The summed E-state index contributed by atoms with van der Waals surface area (Å²) in [5, 5.41) is 16.8. The van der Waals surface area contributed by atoms with Gasteiger partial charge in [-0.1, -0.05) is 25.6 Å². The number of hydrogen-bond acceptors (Lipinski definition) is 3. The zero-order valence-electron chi connectivity index (χ0n) is 9.22. The lowest BCUT2D eigenvalue weighted by molar-refractivity contribution is -0.131. The van der Waals surface area contributed by atoms with Gasteiger partial charge in [-0.25, -0.2) is 4.79 Å². The van der Waals surface area contributed by atoms with E-state index in [1.54, 1.807) is 18.2 Å². The van der Waals surface area contributed by atoms with Crippen LogP contribution in [0.15, 0.2) is 36.9 Å². The first-order valence-electron chi connectivity index (χ1n) is 4.88. The maximum absolute atomic E-state index is 9.25. The van der Waals surface area contributed by atoms with Crippen LogP contribution in [0.2, 0.25) is 0 Å². The van der Waals surface area contributed by atoms with Crippen LogP contribution in [0.4, 0.5) is 0 Å². The van der Waals surface area contributed by atoms with Gasteiger partial charge in [0.25, 0.3) is 0 Å². The van der Waals surface area contributed by atoms with Crippen LogP contribution in [0.5, 0.6) is 11.5 Å². The third-order valence-electron chi connectivity index (χ3n) is 1.50. The number of phenolic OH excluding ortho intramolecular Hbond substituents is 1. The molecular formula is C12H16O4. The van der Waals surface area contributed by atoms with Crippen molar-refractivity contribution in [3.05, 3.63) is 36.9 Å². The highest BCUT2D eigenvalue weighted by Crippen LogP contribution is 2.24. The molecule has 0 amide bonds. The fourth-order valence-electron chi connectivity index (χ4n) is 0.791. The summed E-state index contributed by atoms with van der Waals surface area (Å²) in [5.41, 5.74) is 0. The van der Waals surface area contributed by atoms with Crippen molar-refractivity contribution < 1.29 is 19.7 Å². The van der Waals surface area contributed by atoms with E-state index in [1.165, 1.54) is 0 Å². The maximum atomic E-state index is 9.25. The molecule has 0 atom stereocenters. The molecule has 0 unspecified atom stereocenters. The van der Waals surface area contributed by atoms with E-state index in [4.69, 9.17) is 9.84 Å². The first-order valence-corrected chi connectivity index (χ1v) is 4.88. The Kier molecular flexibility index (Phi) is 7.32. The lowest BCUT2D eigenvalue weighted by Crippen LogP contribution is -1.94. The molecular weight excluding hydrogens is 208 g/mol. The van der Waals surface area contributed by atoms with Crippen molar-refractivity contribution in [2.45, 2.75) is 13.3 Å². The summed E-state index contributed by atoms with van der Waals surface area (Å²) in [7, 11) is 0. The topological polar surface area (TPSA) is 66.8 Å². The number of aliphatic carboxylic acids is 1. The van der Waals surface area contributed by atoms with Crippen molar-refractivity contribution in [2.24, 2.45) is 0 Å². The Morgan fingerprint density at radius 3 is 2.50 bits per heavy atom. The molecule has 1 rings (SSSR count). The molecule has 0 spiro atoms. The van der Waals surface area contributed by atoms with Crippen LogP contribution in [0.25, 0.3) is 0 Å². The van der Waals surface area contributed by atoms with Crippen molar-refractivity contribution in [1.82, 2.24) is 0 Å². The van der Waals surface area contributed by atoms with E-state index in [0.717, 1.165) is 12.5 Å². The Labute approximate surface area is 94.8 Å². The van der Waals surface area contributed by atoms with E-state index in [2.05, 4.69) is 6.58 Å². The number of carbonyl (C=O) groups is 1. The van der Waals surface area contributed by atoms with Gasteiger partial charge in [0.1, 0.15) is 0 Å². The minimum atomic E-state index is -0.981. The minimum absolute atomic E-state index is 0.209. The van der Waals surface area contributed by atoms with E-state index in [-0.39, 0.29) is 5.75 Å². The van der Waals surface area contributed by atoms with Crippen LogP contribution >= 0.6 is 0 Å². The van der Waals surface area contributed by atoms with Gasteiger partial charge in [-0.15, -0.1) is 0 Å². The Bertz CT molecular complexity index is 334. The van der Waals surface area contributed by atoms with Crippen LogP contribution in [0.1, 0.15) is 13.3 Å². The van der Waals surface area contributed by atoms with Crippen molar-refractivity contribution >= 4 is 5.97 Å². The number of rotatable bonds is 4. The molecule has 0 fully saturated rings. The summed E-state index contributed by atoms with van der Waals surface area (Å²) in [6, 6.07) is 6.98. The maximum Gasteiger partial charge on any atom is 0.327 e. The summed E-state index contributed by atoms with van der Waals surface area (Å²) in [4.78, 5) is 9.25. The van der Waals surface area contributed by atoms with Gasteiger partial charge in [-0.05, 0) is 18.6 Å². The second-order valence-corrected chi connectivity index (χ2v) is 2.86. The molecule has 0 aliphatic carbocycles. The summed E-state index contributed by atoms with van der Waals surface area (Å²) < 4.78 is 5.24. The molecule has 1 aromatic rings. The minimum Gasteiger partial charge on any atom is -0.504 e. The summed E-state index contributed by atoms with van der Waals surface area (Å²) >= 11 is 0. The standard InChI is InChI=1S/C9H12O2.C3H4O2/c1-2-7-11-9-6-4-3-5-8(9)10;1-2-3(4)5/h3-6,10H,2,7H2,1H3;2H,1H2,(H,4,5). The molecule has 0 aliphatic rings. The number of para-hydroxylation sites is 2. The van der Waals surface area contributed by atoms with Crippen LogP contribution in [-0.2, 0) is 4.79 Å². The third-order valence-corrected chi connectivity index (χ3v) is 1.50. The Morgan fingerprint density at radius 2 is 2.06 bits per heavy atom. The van der Waals surface area contributed by atoms with Gasteiger partial charge in [-0.2, -0.15) is 0 Å². The largest absolute Gasteiger partial charge is 0.504 e. The molecule has 88 valence electrons.